The molecule has 114 valence electrons. The Morgan fingerprint density at radius 2 is 2.00 bits per heavy atom. The Morgan fingerprint density at radius 3 is 2.58 bits per heavy atom. The molecule has 0 heterocycles. The van der Waals surface area contributed by atoms with E-state index in [0.29, 0.717) is 18.9 Å². The standard InChI is InChI=1S/C15H30O3S/c1-4-5-6-7-10-18-12-14(11-16)19-15(17)9-8-13(2)3/h13-14,16H,4-12H2,1-3H3/t14-/m0/s1. The normalized spacial score (nSPS) is 12.9. The van der Waals surface area contributed by atoms with Crippen LogP contribution in [0, 0.1) is 5.92 Å². The first-order chi connectivity index (χ1) is 9.10. The van der Waals surface area contributed by atoms with Crippen molar-refractivity contribution in [1.82, 2.24) is 0 Å². The SMILES string of the molecule is CCCCCCOC[C@H](CO)SC(=O)CCC(C)C. The molecule has 0 saturated heterocycles. The lowest BCUT2D eigenvalue weighted by atomic mass is 10.1. The van der Waals surface area contributed by atoms with Crippen LogP contribution in [0.2, 0.25) is 0 Å². The number of rotatable bonds is 12. The Labute approximate surface area is 122 Å². The minimum absolute atomic E-state index is 0.00699. The van der Waals surface area contributed by atoms with Gasteiger partial charge in [-0.15, -0.1) is 0 Å². The van der Waals surface area contributed by atoms with Crippen LogP contribution in [0.5, 0.6) is 0 Å². The van der Waals surface area contributed by atoms with Crippen molar-refractivity contribution >= 4 is 16.9 Å². The van der Waals surface area contributed by atoms with E-state index in [1.54, 1.807) is 0 Å². The highest BCUT2D eigenvalue weighted by Gasteiger charge is 2.14. The molecule has 0 aliphatic heterocycles. The highest BCUT2D eigenvalue weighted by molar-refractivity contribution is 8.14. The summed E-state index contributed by atoms with van der Waals surface area (Å²) in [5.41, 5.74) is 0. The van der Waals surface area contributed by atoms with E-state index in [1.807, 2.05) is 0 Å². The zero-order chi connectivity index (χ0) is 14.5. The minimum atomic E-state index is -0.106. The van der Waals surface area contributed by atoms with Gasteiger partial charge in [0.05, 0.1) is 18.5 Å². The van der Waals surface area contributed by atoms with Gasteiger partial charge in [-0.05, 0) is 18.8 Å². The Morgan fingerprint density at radius 1 is 1.26 bits per heavy atom. The molecule has 0 aromatic rings. The highest BCUT2D eigenvalue weighted by Crippen LogP contribution is 2.17. The number of aliphatic hydroxyl groups excluding tert-OH is 1. The molecule has 0 aliphatic carbocycles. The van der Waals surface area contributed by atoms with E-state index in [9.17, 15) is 9.90 Å². The number of thioether (sulfide) groups is 1. The van der Waals surface area contributed by atoms with Gasteiger partial charge in [-0.1, -0.05) is 51.8 Å². The van der Waals surface area contributed by atoms with Crippen molar-refractivity contribution in [3.63, 3.8) is 0 Å². The molecule has 0 aliphatic rings. The van der Waals surface area contributed by atoms with E-state index in [-0.39, 0.29) is 17.0 Å². The molecule has 0 saturated carbocycles. The fraction of sp³-hybridized carbons (Fsp3) is 0.933. The maximum absolute atomic E-state index is 11.7. The van der Waals surface area contributed by atoms with Crippen molar-refractivity contribution in [2.45, 2.75) is 64.5 Å². The quantitative estimate of drug-likeness (QED) is 0.557. The summed E-state index contributed by atoms with van der Waals surface area (Å²) in [6.07, 6.45) is 6.24. The average molecular weight is 290 g/mol. The summed E-state index contributed by atoms with van der Waals surface area (Å²) in [6.45, 7) is 7.62. The molecule has 0 bridgehead atoms. The molecule has 1 N–H and O–H groups in total. The van der Waals surface area contributed by atoms with Gasteiger partial charge in [0.25, 0.3) is 0 Å². The third-order valence-corrected chi connectivity index (χ3v) is 3.96. The average Bonchev–Trinajstić information content (AvgIpc) is 2.39. The first-order valence-corrected chi connectivity index (χ1v) is 8.36. The zero-order valence-electron chi connectivity index (χ0n) is 12.7. The number of hydrogen-bond donors (Lipinski definition) is 1. The second-order valence-corrected chi connectivity index (χ2v) is 6.72. The van der Waals surface area contributed by atoms with E-state index in [0.717, 1.165) is 19.4 Å². The molecule has 3 nitrogen and oxygen atoms in total. The van der Waals surface area contributed by atoms with Crippen molar-refractivity contribution in [2.75, 3.05) is 19.8 Å². The van der Waals surface area contributed by atoms with Crippen LogP contribution in [0.4, 0.5) is 0 Å². The molecule has 0 aromatic heterocycles. The predicted octanol–water partition coefficient (Wildman–Crippen LogP) is 3.64. The van der Waals surface area contributed by atoms with Crippen LogP contribution >= 0.6 is 11.8 Å². The van der Waals surface area contributed by atoms with Crippen molar-refractivity contribution in [3.05, 3.63) is 0 Å². The van der Waals surface area contributed by atoms with Crippen LogP contribution < -0.4 is 0 Å². The van der Waals surface area contributed by atoms with Crippen molar-refractivity contribution in [1.29, 1.82) is 0 Å². The second kappa shape index (κ2) is 12.9. The Bertz CT molecular complexity index is 219. The van der Waals surface area contributed by atoms with Crippen LogP contribution in [0.3, 0.4) is 0 Å². The Balaban J connectivity index is 3.61. The smallest absolute Gasteiger partial charge is 0.189 e. The summed E-state index contributed by atoms with van der Waals surface area (Å²) in [7, 11) is 0. The van der Waals surface area contributed by atoms with E-state index >= 15 is 0 Å². The summed E-state index contributed by atoms with van der Waals surface area (Å²) < 4.78 is 5.53. The van der Waals surface area contributed by atoms with Gasteiger partial charge >= 0.3 is 0 Å². The Hall–Kier alpha value is -0.0600. The maximum Gasteiger partial charge on any atom is 0.189 e. The minimum Gasteiger partial charge on any atom is -0.395 e. The predicted molar refractivity (Wildman–Crippen MR) is 82.5 cm³/mol. The van der Waals surface area contributed by atoms with Gasteiger partial charge in [-0.2, -0.15) is 0 Å². The lowest BCUT2D eigenvalue weighted by Gasteiger charge is -2.13. The second-order valence-electron chi connectivity index (χ2n) is 5.36. The van der Waals surface area contributed by atoms with Crippen molar-refractivity contribution in [2.24, 2.45) is 5.92 Å². The molecule has 0 amide bonds. The summed E-state index contributed by atoms with van der Waals surface area (Å²) in [5.74, 6) is 0.548. The van der Waals surface area contributed by atoms with Crippen LogP contribution in [0.25, 0.3) is 0 Å². The van der Waals surface area contributed by atoms with Gasteiger partial charge in [0, 0.05) is 13.0 Å². The first kappa shape index (κ1) is 18.9. The van der Waals surface area contributed by atoms with Crippen molar-refractivity contribution in [3.8, 4) is 0 Å². The molecule has 19 heavy (non-hydrogen) atoms. The summed E-state index contributed by atoms with van der Waals surface area (Å²) in [6, 6.07) is 0. The molecule has 0 spiro atoms. The van der Waals surface area contributed by atoms with E-state index in [1.165, 1.54) is 31.0 Å². The lowest BCUT2D eigenvalue weighted by Crippen LogP contribution is -2.19. The van der Waals surface area contributed by atoms with Gasteiger partial charge < -0.3 is 9.84 Å². The van der Waals surface area contributed by atoms with E-state index in [4.69, 9.17) is 4.74 Å². The van der Waals surface area contributed by atoms with Gasteiger partial charge in [-0.3, -0.25) is 4.79 Å². The number of ether oxygens (including phenoxy) is 1. The number of unbranched alkanes of at least 4 members (excludes halogenated alkanes) is 3. The van der Waals surface area contributed by atoms with E-state index in [2.05, 4.69) is 20.8 Å². The molecule has 0 rings (SSSR count). The number of carbonyl (C=O) groups excluding carboxylic acids is 1. The number of hydrogen-bond acceptors (Lipinski definition) is 4. The fourth-order valence-electron chi connectivity index (χ4n) is 1.62. The fourth-order valence-corrected chi connectivity index (χ4v) is 2.47. The van der Waals surface area contributed by atoms with Gasteiger partial charge in [0.15, 0.2) is 5.12 Å². The molecule has 0 aromatic carbocycles. The van der Waals surface area contributed by atoms with Crippen LogP contribution in [0.1, 0.15) is 59.3 Å². The maximum atomic E-state index is 11.7. The largest absolute Gasteiger partial charge is 0.395 e. The van der Waals surface area contributed by atoms with Crippen LogP contribution in [-0.2, 0) is 9.53 Å². The third kappa shape index (κ3) is 12.7. The summed E-state index contributed by atoms with van der Waals surface area (Å²) >= 11 is 1.24. The molecular weight excluding hydrogens is 260 g/mol. The lowest BCUT2D eigenvalue weighted by molar-refractivity contribution is -0.111. The van der Waals surface area contributed by atoms with Gasteiger partial charge in [-0.25, -0.2) is 0 Å². The van der Waals surface area contributed by atoms with Gasteiger partial charge in [0.1, 0.15) is 0 Å². The van der Waals surface area contributed by atoms with Crippen molar-refractivity contribution < 1.29 is 14.6 Å². The first-order valence-electron chi connectivity index (χ1n) is 7.48. The summed E-state index contributed by atoms with van der Waals surface area (Å²) in [4.78, 5) is 11.7. The number of carbonyl (C=O) groups is 1. The molecule has 0 radical (unpaired) electrons. The third-order valence-electron chi connectivity index (χ3n) is 2.87. The Kier molecular flexibility index (Phi) is 12.9. The molecule has 1 atom stereocenters. The topological polar surface area (TPSA) is 46.5 Å². The molecular formula is C15H30O3S. The van der Waals surface area contributed by atoms with Crippen LogP contribution in [-0.4, -0.2) is 35.3 Å². The van der Waals surface area contributed by atoms with E-state index < -0.39 is 0 Å². The van der Waals surface area contributed by atoms with Crippen LogP contribution in [0.15, 0.2) is 0 Å². The molecule has 0 fully saturated rings. The van der Waals surface area contributed by atoms with Gasteiger partial charge in [0.2, 0.25) is 0 Å². The monoisotopic (exact) mass is 290 g/mol. The number of aliphatic hydroxyl groups is 1. The highest BCUT2D eigenvalue weighted by atomic mass is 32.2. The molecule has 4 heteroatoms. The summed E-state index contributed by atoms with van der Waals surface area (Å²) in [5, 5.41) is 9.30. The zero-order valence-corrected chi connectivity index (χ0v) is 13.5. The molecule has 0 unspecified atom stereocenters.